The average Bonchev–Trinajstić information content (AvgIpc) is 2.57. The third kappa shape index (κ3) is 5.62. The summed E-state index contributed by atoms with van der Waals surface area (Å²) >= 11 is 0. The van der Waals surface area contributed by atoms with Crippen molar-refractivity contribution in [2.45, 2.75) is 12.7 Å². The third-order valence-corrected chi connectivity index (χ3v) is 4.70. The smallest absolute Gasteiger partial charge is 0.313 e. The molecule has 0 fully saturated rings. The molecule has 0 bridgehead atoms. The molecule has 24 heavy (non-hydrogen) atoms. The Morgan fingerprint density at radius 1 is 0.958 bits per heavy atom. The topological polar surface area (TPSA) is 75.3 Å². The van der Waals surface area contributed by atoms with Gasteiger partial charge in [-0.25, -0.2) is 0 Å². The lowest BCUT2D eigenvalue weighted by Gasteiger charge is -2.08. The van der Waals surface area contributed by atoms with Crippen LogP contribution in [0.2, 0.25) is 0 Å². The van der Waals surface area contributed by atoms with Crippen molar-refractivity contribution in [1.29, 1.82) is 0 Å². The van der Waals surface area contributed by atoms with Crippen molar-refractivity contribution in [3.05, 3.63) is 65.7 Å². The Labute approximate surface area is 143 Å². The predicted octanol–water partition coefficient (Wildman–Crippen LogP) is 2.00. The van der Waals surface area contributed by atoms with E-state index in [0.717, 1.165) is 11.1 Å². The summed E-state index contributed by atoms with van der Waals surface area (Å²) in [7, 11) is -1.09. The van der Waals surface area contributed by atoms with Crippen LogP contribution in [0.4, 0.5) is 5.69 Å². The van der Waals surface area contributed by atoms with Crippen LogP contribution in [0.3, 0.4) is 0 Å². The first kappa shape index (κ1) is 17.9. The number of anilines is 1. The molecule has 2 N–H and O–H groups in total. The Kier molecular flexibility index (Phi) is 6.69. The molecule has 0 aliphatic rings. The SMILES string of the molecule is Cc1ccccc1NC(=O)C(=O)NCC[S@@](=O)Cc1ccccc1. The van der Waals surface area contributed by atoms with Crippen molar-refractivity contribution in [1.82, 2.24) is 5.32 Å². The van der Waals surface area contributed by atoms with E-state index in [-0.39, 0.29) is 6.54 Å². The fraction of sp³-hybridized carbons (Fsp3) is 0.222. The van der Waals surface area contributed by atoms with Gasteiger partial charge >= 0.3 is 11.8 Å². The highest BCUT2D eigenvalue weighted by Crippen LogP contribution is 2.12. The minimum absolute atomic E-state index is 0.194. The Morgan fingerprint density at radius 2 is 1.62 bits per heavy atom. The zero-order valence-corrected chi connectivity index (χ0v) is 14.3. The van der Waals surface area contributed by atoms with Gasteiger partial charge in [-0.15, -0.1) is 0 Å². The van der Waals surface area contributed by atoms with Crippen molar-refractivity contribution >= 4 is 28.3 Å². The Bertz CT molecular complexity index is 732. The molecular weight excluding hydrogens is 324 g/mol. The first-order chi connectivity index (χ1) is 11.6. The molecule has 0 spiro atoms. The number of amides is 2. The number of hydrogen-bond acceptors (Lipinski definition) is 3. The highest BCUT2D eigenvalue weighted by atomic mass is 32.2. The van der Waals surface area contributed by atoms with E-state index in [0.29, 0.717) is 17.2 Å². The molecular formula is C18H20N2O3S. The molecule has 0 heterocycles. The van der Waals surface area contributed by atoms with Crippen molar-refractivity contribution < 1.29 is 13.8 Å². The van der Waals surface area contributed by atoms with Crippen molar-refractivity contribution in [2.24, 2.45) is 0 Å². The molecule has 1 atom stereocenters. The monoisotopic (exact) mass is 344 g/mol. The molecule has 5 nitrogen and oxygen atoms in total. The summed E-state index contributed by atoms with van der Waals surface area (Å²) in [6.45, 7) is 2.04. The second-order valence-corrected chi connectivity index (χ2v) is 6.88. The Balaban J connectivity index is 1.73. The molecule has 0 saturated carbocycles. The van der Waals surface area contributed by atoms with Gasteiger partial charge in [-0.3, -0.25) is 13.8 Å². The number of para-hydroxylation sites is 1. The average molecular weight is 344 g/mol. The van der Waals surface area contributed by atoms with Crippen LogP contribution in [0, 0.1) is 6.92 Å². The second-order valence-electron chi connectivity index (χ2n) is 5.30. The Morgan fingerprint density at radius 3 is 2.33 bits per heavy atom. The van der Waals surface area contributed by atoms with Crippen LogP contribution in [0.1, 0.15) is 11.1 Å². The largest absolute Gasteiger partial charge is 0.347 e. The maximum absolute atomic E-state index is 12.0. The number of rotatable bonds is 6. The number of carbonyl (C=O) groups excluding carboxylic acids is 2. The lowest BCUT2D eigenvalue weighted by molar-refractivity contribution is -0.136. The van der Waals surface area contributed by atoms with Crippen LogP contribution in [-0.4, -0.2) is 28.3 Å². The summed E-state index contributed by atoms with van der Waals surface area (Å²) in [5.74, 6) is -0.710. The number of aryl methyl sites for hydroxylation is 1. The van der Waals surface area contributed by atoms with E-state index in [1.165, 1.54) is 0 Å². The van der Waals surface area contributed by atoms with Gasteiger partial charge in [0.15, 0.2) is 0 Å². The van der Waals surface area contributed by atoms with Gasteiger partial charge in [0.05, 0.1) is 0 Å². The first-order valence-corrected chi connectivity index (χ1v) is 9.09. The molecule has 2 amide bonds. The molecule has 6 heteroatoms. The summed E-state index contributed by atoms with van der Waals surface area (Å²) in [6, 6.07) is 16.7. The summed E-state index contributed by atoms with van der Waals surface area (Å²) in [5, 5.41) is 5.06. The second kappa shape index (κ2) is 8.98. The molecule has 0 aliphatic carbocycles. The molecule has 0 unspecified atom stereocenters. The maximum Gasteiger partial charge on any atom is 0.313 e. The zero-order chi connectivity index (χ0) is 17.4. The predicted molar refractivity (Wildman–Crippen MR) is 96.0 cm³/mol. The normalized spacial score (nSPS) is 11.5. The van der Waals surface area contributed by atoms with Gasteiger partial charge in [0, 0.05) is 34.5 Å². The van der Waals surface area contributed by atoms with Gasteiger partial charge < -0.3 is 10.6 Å². The van der Waals surface area contributed by atoms with Crippen LogP contribution in [0.25, 0.3) is 0 Å². The highest BCUT2D eigenvalue weighted by Gasteiger charge is 2.14. The molecule has 0 aromatic heterocycles. The van der Waals surface area contributed by atoms with E-state index in [2.05, 4.69) is 10.6 Å². The summed E-state index contributed by atoms with van der Waals surface area (Å²) < 4.78 is 12.0. The van der Waals surface area contributed by atoms with Gasteiger partial charge in [0.1, 0.15) is 0 Å². The van der Waals surface area contributed by atoms with Gasteiger partial charge in [0.25, 0.3) is 0 Å². The minimum Gasteiger partial charge on any atom is -0.347 e. The standard InChI is InChI=1S/C18H20N2O3S/c1-14-7-5-6-10-16(14)20-18(22)17(21)19-11-12-24(23)13-15-8-3-2-4-9-15/h2-10H,11-13H2,1H3,(H,19,21)(H,20,22)/t24-/m1/s1. The van der Waals surface area contributed by atoms with E-state index < -0.39 is 22.6 Å². The molecule has 2 rings (SSSR count). The molecule has 0 radical (unpaired) electrons. The highest BCUT2D eigenvalue weighted by molar-refractivity contribution is 7.84. The summed E-state index contributed by atoms with van der Waals surface area (Å²) in [5.41, 5.74) is 2.47. The van der Waals surface area contributed by atoms with Crippen LogP contribution in [0.5, 0.6) is 0 Å². The fourth-order valence-electron chi connectivity index (χ4n) is 2.08. The van der Waals surface area contributed by atoms with E-state index >= 15 is 0 Å². The molecule has 0 saturated heterocycles. The summed E-state index contributed by atoms with van der Waals surface area (Å²) in [6.07, 6.45) is 0. The van der Waals surface area contributed by atoms with Gasteiger partial charge in [0.2, 0.25) is 0 Å². The molecule has 2 aromatic carbocycles. The minimum atomic E-state index is -1.09. The molecule has 0 aliphatic heterocycles. The lowest BCUT2D eigenvalue weighted by Crippen LogP contribution is -2.37. The van der Waals surface area contributed by atoms with E-state index in [4.69, 9.17) is 0 Å². The number of hydrogen-bond donors (Lipinski definition) is 2. The summed E-state index contributed by atoms with van der Waals surface area (Å²) in [4.78, 5) is 23.6. The maximum atomic E-state index is 12.0. The number of carbonyl (C=O) groups is 2. The van der Waals surface area contributed by atoms with E-state index in [1.54, 1.807) is 12.1 Å². The van der Waals surface area contributed by atoms with Crippen LogP contribution >= 0.6 is 0 Å². The van der Waals surface area contributed by atoms with Crippen LogP contribution < -0.4 is 10.6 Å². The van der Waals surface area contributed by atoms with Crippen molar-refractivity contribution in [2.75, 3.05) is 17.6 Å². The van der Waals surface area contributed by atoms with E-state index in [9.17, 15) is 13.8 Å². The third-order valence-electron chi connectivity index (χ3n) is 3.39. The van der Waals surface area contributed by atoms with Crippen molar-refractivity contribution in [3.63, 3.8) is 0 Å². The van der Waals surface area contributed by atoms with Gasteiger partial charge in [-0.05, 0) is 24.1 Å². The molecule has 2 aromatic rings. The van der Waals surface area contributed by atoms with Gasteiger partial charge in [-0.2, -0.15) is 0 Å². The van der Waals surface area contributed by atoms with Crippen LogP contribution in [-0.2, 0) is 26.1 Å². The number of benzene rings is 2. The van der Waals surface area contributed by atoms with Gasteiger partial charge in [-0.1, -0.05) is 48.5 Å². The fourth-order valence-corrected chi connectivity index (χ4v) is 3.12. The zero-order valence-electron chi connectivity index (χ0n) is 13.5. The Hall–Kier alpha value is -2.47. The van der Waals surface area contributed by atoms with E-state index in [1.807, 2.05) is 49.4 Å². The molecule has 126 valence electrons. The first-order valence-electron chi connectivity index (χ1n) is 7.60. The quantitative estimate of drug-likeness (QED) is 0.787. The van der Waals surface area contributed by atoms with Crippen LogP contribution in [0.15, 0.2) is 54.6 Å². The number of nitrogens with one attached hydrogen (secondary N) is 2. The van der Waals surface area contributed by atoms with Crippen molar-refractivity contribution in [3.8, 4) is 0 Å². The lowest BCUT2D eigenvalue weighted by atomic mass is 10.2.